The van der Waals surface area contributed by atoms with Crippen molar-refractivity contribution >= 4 is 12.6 Å². The molecule has 1 aliphatic heterocycles. The average molecular weight is 269 g/mol. The van der Waals surface area contributed by atoms with E-state index in [9.17, 15) is 4.39 Å². The second kappa shape index (κ2) is 6.86. The number of rotatable bonds is 5. The number of halogens is 1. The predicted octanol–water partition coefficient (Wildman–Crippen LogP) is -0.783. The Morgan fingerprint density at radius 3 is 2.68 bits per heavy atom. The molecule has 5 nitrogen and oxygen atoms in total. The Hall–Kier alpha value is -1.15. The summed E-state index contributed by atoms with van der Waals surface area (Å²) in [5.74, 6) is -0.467. The Balaban J connectivity index is 1.82. The molecule has 1 heterocycles. The minimum Gasteiger partial charge on any atom is -0.489 e. The van der Waals surface area contributed by atoms with Gasteiger partial charge in [0.2, 0.25) is 0 Å². The zero-order valence-electron chi connectivity index (χ0n) is 10.6. The number of hydrogen-bond acceptors (Lipinski definition) is 5. The van der Waals surface area contributed by atoms with Crippen molar-refractivity contribution in [3.8, 4) is 5.75 Å². The molecule has 2 rings (SSSR count). The molecular formula is C12H17BFNO4. The van der Waals surface area contributed by atoms with Gasteiger partial charge < -0.3 is 19.5 Å². The topological polar surface area (TPSA) is 62.2 Å². The van der Waals surface area contributed by atoms with E-state index in [0.717, 1.165) is 32.4 Å². The van der Waals surface area contributed by atoms with Gasteiger partial charge in [-0.25, -0.2) is 4.39 Å². The van der Waals surface area contributed by atoms with Crippen LogP contribution in [0.2, 0.25) is 0 Å². The van der Waals surface area contributed by atoms with E-state index in [1.54, 1.807) is 0 Å². The molecule has 1 saturated heterocycles. The van der Waals surface area contributed by atoms with E-state index < -0.39 is 12.9 Å². The first kappa shape index (κ1) is 14.3. The lowest BCUT2D eigenvalue weighted by Gasteiger charge is -2.26. The van der Waals surface area contributed by atoms with Crippen LogP contribution in [0.5, 0.6) is 5.75 Å². The lowest BCUT2D eigenvalue weighted by molar-refractivity contribution is 0.0320. The fraction of sp³-hybridized carbons (Fsp3) is 0.500. The molecule has 1 fully saturated rings. The average Bonchev–Trinajstić information content (AvgIpc) is 2.41. The van der Waals surface area contributed by atoms with Gasteiger partial charge in [0.25, 0.3) is 0 Å². The molecule has 0 spiro atoms. The molecule has 0 aromatic heterocycles. The van der Waals surface area contributed by atoms with Crippen LogP contribution in [-0.2, 0) is 4.74 Å². The minimum absolute atomic E-state index is 0.109. The first-order chi connectivity index (χ1) is 9.16. The van der Waals surface area contributed by atoms with Gasteiger partial charge in [-0.3, -0.25) is 4.90 Å². The summed E-state index contributed by atoms with van der Waals surface area (Å²) in [4.78, 5) is 2.19. The second-order valence-corrected chi connectivity index (χ2v) is 4.37. The lowest BCUT2D eigenvalue weighted by Crippen LogP contribution is -2.38. The van der Waals surface area contributed by atoms with E-state index in [1.165, 1.54) is 12.1 Å². The van der Waals surface area contributed by atoms with Crippen LogP contribution < -0.4 is 10.2 Å². The Labute approximate surface area is 111 Å². The van der Waals surface area contributed by atoms with Crippen LogP contribution in [0.25, 0.3) is 0 Å². The highest BCUT2D eigenvalue weighted by atomic mass is 19.1. The molecule has 0 aliphatic carbocycles. The number of benzene rings is 1. The van der Waals surface area contributed by atoms with Gasteiger partial charge in [0.15, 0.2) is 11.6 Å². The fourth-order valence-corrected chi connectivity index (χ4v) is 1.90. The van der Waals surface area contributed by atoms with Crippen molar-refractivity contribution in [3.63, 3.8) is 0 Å². The van der Waals surface area contributed by atoms with Crippen LogP contribution in [0, 0.1) is 5.82 Å². The highest BCUT2D eigenvalue weighted by Gasteiger charge is 2.14. The first-order valence-corrected chi connectivity index (χ1v) is 6.25. The van der Waals surface area contributed by atoms with E-state index in [4.69, 9.17) is 19.5 Å². The lowest BCUT2D eigenvalue weighted by atomic mass is 9.80. The molecule has 0 amide bonds. The molecule has 1 aromatic carbocycles. The summed E-state index contributed by atoms with van der Waals surface area (Å²) in [6.45, 7) is 4.27. The smallest absolute Gasteiger partial charge is 0.488 e. The highest BCUT2D eigenvalue weighted by molar-refractivity contribution is 6.58. The first-order valence-electron chi connectivity index (χ1n) is 6.25. The fourth-order valence-electron chi connectivity index (χ4n) is 1.90. The summed E-state index contributed by atoms with van der Waals surface area (Å²) >= 11 is 0. The Bertz CT molecular complexity index is 413. The van der Waals surface area contributed by atoms with Gasteiger partial charge >= 0.3 is 7.12 Å². The number of ether oxygens (including phenoxy) is 2. The van der Waals surface area contributed by atoms with E-state index >= 15 is 0 Å². The van der Waals surface area contributed by atoms with Gasteiger partial charge in [-0.05, 0) is 17.6 Å². The predicted molar refractivity (Wildman–Crippen MR) is 69.0 cm³/mol. The molecule has 0 unspecified atom stereocenters. The zero-order valence-corrected chi connectivity index (χ0v) is 10.6. The van der Waals surface area contributed by atoms with Gasteiger partial charge in [-0.1, -0.05) is 6.07 Å². The van der Waals surface area contributed by atoms with Crippen LogP contribution in [0.3, 0.4) is 0 Å². The quantitative estimate of drug-likeness (QED) is 0.686. The van der Waals surface area contributed by atoms with Crippen molar-refractivity contribution in [1.82, 2.24) is 4.90 Å². The second-order valence-electron chi connectivity index (χ2n) is 4.37. The molecule has 1 aromatic rings. The molecule has 19 heavy (non-hydrogen) atoms. The van der Waals surface area contributed by atoms with Crippen LogP contribution >= 0.6 is 0 Å². The van der Waals surface area contributed by atoms with Crippen molar-refractivity contribution in [2.75, 3.05) is 39.5 Å². The monoisotopic (exact) mass is 269 g/mol. The Morgan fingerprint density at radius 2 is 2.05 bits per heavy atom. The highest BCUT2D eigenvalue weighted by Crippen LogP contribution is 2.14. The van der Waals surface area contributed by atoms with E-state index in [2.05, 4.69) is 4.90 Å². The summed E-state index contributed by atoms with van der Waals surface area (Å²) in [6.07, 6.45) is 0. The van der Waals surface area contributed by atoms with E-state index in [0.29, 0.717) is 13.2 Å². The van der Waals surface area contributed by atoms with Crippen molar-refractivity contribution in [2.45, 2.75) is 0 Å². The summed E-state index contributed by atoms with van der Waals surface area (Å²) in [6, 6.07) is 3.90. The third-order valence-electron chi connectivity index (χ3n) is 3.02. The van der Waals surface area contributed by atoms with Crippen LogP contribution in [0.4, 0.5) is 4.39 Å². The summed E-state index contributed by atoms with van der Waals surface area (Å²) < 4.78 is 24.2. The Kier molecular flexibility index (Phi) is 5.15. The number of morpholine rings is 1. The normalized spacial score (nSPS) is 16.4. The van der Waals surface area contributed by atoms with Gasteiger partial charge in [-0.2, -0.15) is 0 Å². The third-order valence-corrected chi connectivity index (χ3v) is 3.02. The van der Waals surface area contributed by atoms with Crippen LogP contribution in [-0.4, -0.2) is 61.5 Å². The van der Waals surface area contributed by atoms with E-state index in [1.807, 2.05) is 0 Å². The third kappa shape index (κ3) is 4.17. The van der Waals surface area contributed by atoms with Crippen molar-refractivity contribution in [1.29, 1.82) is 0 Å². The zero-order chi connectivity index (χ0) is 13.7. The molecule has 104 valence electrons. The molecule has 0 saturated carbocycles. The molecule has 7 heteroatoms. The standard InChI is InChI=1S/C12H17BFNO4/c14-11-9-10(13(16)17)1-2-12(11)19-8-5-15-3-6-18-7-4-15/h1-2,9,16-17H,3-8H2. The number of hydrogen-bond donors (Lipinski definition) is 2. The summed E-state index contributed by atoms with van der Waals surface area (Å²) in [7, 11) is -1.67. The molecule has 0 radical (unpaired) electrons. The number of nitrogens with zero attached hydrogens (tertiary/aromatic N) is 1. The SMILES string of the molecule is OB(O)c1ccc(OCCN2CCOCC2)c(F)c1. The van der Waals surface area contributed by atoms with Crippen LogP contribution in [0.1, 0.15) is 0 Å². The van der Waals surface area contributed by atoms with Crippen molar-refractivity contribution in [3.05, 3.63) is 24.0 Å². The molecular weight excluding hydrogens is 252 g/mol. The van der Waals surface area contributed by atoms with Gasteiger partial charge in [0, 0.05) is 19.6 Å². The maximum absolute atomic E-state index is 13.6. The molecule has 0 bridgehead atoms. The summed E-state index contributed by atoms with van der Waals surface area (Å²) in [5, 5.41) is 17.8. The van der Waals surface area contributed by atoms with Gasteiger partial charge in [-0.15, -0.1) is 0 Å². The maximum Gasteiger partial charge on any atom is 0.488 e. The van der Waals surface area contributed by atoms with Crippen LogP contribution in [0.15, 0.2) is 18.2 Å². The van der Waals surface area contributed by atoms with E-state index in [-0.39, 0.29) is 11.2 Å². The van der Waals surface area contributed by atoms with Crippen molar-refractivity contribution in [2.24, 2.45) is 0 Å². The van der Waals surface area contributed by atoms with Crippen molar-refractivity contribution < 1.29 is 23.9 Å². The summed E-state index contributed by atoms with van der Waals surface area (Å²) in [5.41, 5.74) is 0.109. The largest absolute Gasteiger partial charge is 0.489 e. The maximum atomic E-state index is 13.6. The molecule has 2 N–H and O–H groups in total. The minimum atomic E-state index is -1.67. The van der Waals surface area contributed by atoms with Gasteiger partial charge in [0.05, 0.1) is 13.2 Å². The van der Waals surface area contributed by atoms with Gasteiger partial charge in [0.1, 0.15) is 6.61 Å². The Morgan fingerprint density at radius 1 is 1.32 bits per heavy atom. The molecule has 1 aliphatic rings. The molecule has 0 atom stereocenters.